The Labute approximate surface area is 127 Å². The average molecular weight is 320 g/mol. The van der Waals surface area contributed by atoms with Crippen LogP contribution in [0, 0.1) is 5.92 Å². The normalized spacial score (nSPS) is 23.0. The molecule has 2 atom stereocenters. The number of rotatable bonds is 1. The van der Waals surface area contributed by atoms with Crippen LogP contribution in [0.4, 0.5) is 13.2 Å². The van der Waals surface area contributed by atoms with Crippen molar-refractivity contribution >= 4 is 23.4 Å². The molecule has 0 unspecified atom stereocenters. The van der Waals surface area contributed by atoms with Gasteiger partial charge in [0.2, 0.25) is 0 Å². The maximum Gasteiger partial charge on any atom is 0.416 e. The topological polar surface area (TPSA) is 25.2 Å². The predicted octanol–water partition coefficient (Wildman–Crippen LogP) is 4.59. The monoisotopic (exact) mass is 319 g/mol. The van der Waals surface area contributed by atoms with E-state index < -0.39 is 11.7 Å². The van der Waals surface area contributed by atoms with Crippen molar-refractivity contribution in [3.63, 3.8) is 0 Å². The zero-order valence-electron chi connectivity index (χ0n) is 11.5. The number of hydrogen-bond donors (Lipinski definition) is 1. The fourth-order valence-electron chi connectivity index (χ4n) is 3.11. The fraction of sp³-hybridized carbons (Fsp3) is 0.467. The number of halogens is 4. The maximum atomic E-state index is 13.3. The largest absolute Gasteiger partial charge is 0.464 e. The Bertz CT molecular complexity index is 623. The van der Waals surface area contributed by atoms with Crippen molar-refractivity contribution in [3.8, 4) is 0 Å². The van der Waals surface area contributed by atoms with Crippen LogP contribution in [0.3, 0.4) is 0 Å². The minimum Gasteiger partial charge on any atom is -0.464 e. The molecule has 0 saturated carbocycles. The second-order valence-corrected chi connectivity index (χ2v) is 5.44. The Morgan fingerprint density at radius 1 is 1.24 bits per heavy atom. The van der Waals surface area contributed by atoms with Crippen molar-refractivity contribution in [2.24, 2.45) is 5.92 Å². The summed E-state index contributed by atoms with van der Waals surface area (Å²) in [6.07, 6.45) is -2.19. The molecule has 3 rings (SSSR count). The van der Waals surface area contributed by atoms with Crippen LogP contribution in [0.5, 0.6) is 0 Å². The van der Waals surface area contributed by atoms with E-state index in [0.717, 1.165) is 18.5 Å². The van der Waals surface area contributed by atoms with Gasteiger partial charge in [0.15, 0.2) is 0 Å². The summed E-state index contributed by atoms with van der Waals surface area (Å²) in [5.41, 5.74) is 0.159. The third-order valence-electron chi connectivity index (χ3n) is 4.12. The SMILES string of the molecule is C[C@H]1CNCC[C@H]1c1c(C(F)(F)F)ccc2ccoc12.Cl. The van der Waals surface area contributed by atoms with Crippen LogP contribution < -0.4 is 5.32 Å². The van der Waals surface area contributed by atoms with Crippen molar-refractivity contribution < 1.29 is 17.6 Å². The smallest absolute Gasteiger partial charge is 0.416 e. The van der Waals surface area contributed by atoms with Gasteiger partial charge in [0.1, 0.15) is 5.58 Å². The number of hydrogen-bond acceptors (Lipinski definition) is 2. The molecule has 2 aromatic rings. The highest BCUT2D eigenvalue weighted by Gasteiger charge is 2.38. The van der Waals surface area contributed by atoms with E-state index in [1.807, 2.05) is 6.92 Å². The Hall–Kier alpha value is -1.20. The van der Waals surface area contributed by atoms with Crippen LogP contribution >= 0.6 is 12.4 Å². The summed E-state index contributed by atoms with van der Waals surface area (Å²) >= 11 is 0. The summed E-state index contributed by atoms with van der Waals surface area (Å²) in [6.45, 7) is 3.46. The lowest BCUT2D eigenvalue weighted by Crippen LogP contribution is -2.34. The Balaban J connectivity index is 0.00000161. The van der Waals surface area contributed by atoms with Gasteiger partial charge in [-0.2, -0.15) is 13.2 Å². The molecule has 1 fully saturated rings. The summed E-state index contributed by atoms with van der Waals surface area (Å²) < 4.78 is 45.3. The van der Waals surface area contributed by atoms with E-state index in [-0.39, 0.29) is 24.2 Å². The molecule has 0 radical (unpaired) electrons. The fourth-order valence-corrected chi connectivity index (χ4v) is 3.11. The summed E-state index contributed by atoms with van der Waals surface area (Å²) in [6, 6.07) is 4.38. The van der Waals surface area contributed by atoms with E-state index in [4.69, 9.17) is 4.42 Å². The summed E-state index contributed by atoms with van der Waals surface area (Å²) in [7, 11) is 0. The number of furan rings is 1. The van der Waals surface area contributed by atoms with Gasteiger partial charge in [-0.05, 0) is 43.5 Å². The van der Waals surface area contributed by atoms with Gasteiger partial charge in [-0.25, -0.2) is 0 Å². The zero-order chi connectivity index (χ0) is 14.3. The second-order valence-electron chi connectivity index (χ2n) is 5.44. The Morgan fingerprint density at radius 3 is 2.67 bits per heavy atom. The van der Waals surface area contributed by atoms with E-state index in [0.29, 0.717) is 17.6 Å². The Kier molecular flexibility index (Phi) is 4.54. The molecular weight excluding hydrogens is 303 g/mol. The molecule has 0 aliphatic carbocycles. The van der Waals surface area contributed by atoms with Gasteiger partial charge in [0, 0.05) is 10.9 Å². The molecule has 1 aromatic carbocycles. The summed E-state index contributed by atoms with van der Waals surface area (Å²) in [5.74, 6) is 0.0308. The van der Waals surface area contributed by atoms with Crippen molar-refractivity contribution in [1.82, 2.24) is 5.32 Å². The molecule has 2 heterocycles. The lowest BCUT2D eigenvalue weighted by molar-refractivity contribution is -0.138. The zero-order valence-corrected chi connectivity index (χ0v) is 12.4. The van der Waals surface area contributed by atoms with E-state index >= 15 is 0 Å². The number of fused-ring (bicyclic) bond motifs is 1. The highest BCUT2D eigenvalue weighted by atomic mass is 35.5. The van der Waals surface area contributed by atoms with Crippen LogP contribution in [0.2, 0.25) is 0 Å². The molecule has 0 spiro atoms. The van der Waals surface area contributed by atoms with Gasteiger partial charge in [0.05, 0.1) is 11.8 Å². The first-order valence-electron chi connectivity index (χ1n) is 6.76. The van der Waals surface area contributed by atoms with Crippen LogP contribution in [-0.4, -0.2) is 13.1 Å². The van der Waals surface area contributed by atoms with Gasteiger partial charge >= 0.3 is 6.18 Å². The average Bonchev–Trinajstić information content (AvgIpc) is 2.85. The first-order chi connectivity index (χ1) is 9.48. The maximum absolute atomic E-state index is 13.3. The molecule has 1 aliphatic heterocycles. The van der Waals surface area contributed by atoms with Gasteiger partial charge in [-0.15, -0.1) is 12.4 Å². The first-order valence-corrected chi connectivity index (χ1v) is 6.76. The molecular formula is C15H17ClF3NO. The standard InChI is InChI=1S/C15H16F3NO.ClH/c1-9-8-19-6-4-11(9)13-12(15(16,17)18)3-2-10-5-7-20-14(10)13;/h2-3,5,7,9,11,19H,4,6,8H2,1H3;1H/t9-,11+;/m0./s1. The number of nitrogens with one attached hydrogen (secondary N) is 1. The molecule has 0 amide bonds. The highest BCUT2D eigenvalue weighted by Crippen LogP contribution is 2.43. The number of piperidine rings is 1. The number of alkyl halides is 3. The van der Waals surface area contributed by atoms with Crippen molar-refractivity contribution in [2.75, 3.05) is 13.1 Å². The van der Waals surface area contributed by atoms with Crippen molar-refractivity contribution in [3.05, 3.63) is 35.6 Å². The lowest BCUT2D eigenvalue weighted by atomic mass is 9.79. The van der Waals surface area contributed by atoms with E-state index in [1.54, 1.807) is 6.07 Å². The first kappa shape index (κ1) is 16.2. The Morgan fingerprint density at radius 2 is 2.00 bits per heavy atom. The van der Waals surface area contributed by atoms with Crippen molar-refractivity contribution in [2.45, 2.75) is 25.4 Å². The predicted molar refractivity (Wildman–Crippen MR) is 77.9 cm³/mol. The van der Waals surface area contributed by atoms with E-state index in [1.165, 1.54) is 18.4 Å². The molecule has 1 aliphatic rings. The van der Waals surface area contributed by atoms with Gasteiger partial charge in [-0.1, -0.05) is 13.0 Å². The van der Waals surface area contributed by atoms with Crippen LogP contribution in [0.25, 0.3) is 11.0 Å². The molecule has 2 nitrogen and oxygen atoms in total. The molecule has 1 saturated heterocycles. The molecule has 116 valence electrons. The minimum absolute atomic E-state index is 0. The highest BCUT2D eigenvalue weighted by molar-refractivity contribution is 5.85. The molecule has 21 heavy (non-hydrogen) atoms. The quantitative estimate of drug-likeness (QED) is 0.832. The van der Waals surface area contributed by atoms with Crippen LogP contribution in [0.15, 0.2) is 28.9 Å². The molecule has 0 bridgehead atoms. The van der Waals surface area contributed by atoms with E-state index in [9.17, 15) is 13.2 Å². The second kappa shape index (κ2) is 5.89. The number of benzene rings is 1. The summed E-state index contributed by atoms with van der Waals surface area (Å²) in [4.78, 5) is 0. The third-order valence-corrected chi connectivity index (χ3v) is 4.12. The minimum atomic E-state index is -4.35. The van der Waals surface area contributed by atoms with Crippen molar-refractivity contribution in [1.29, 1.82) is 0 Å². The van der Waals surface area contributed by atoms with Crippen LogP contribution in [-0.2, 0) is 6.18 Å². The van der Waals surface area contributed by atoms with E-state index in [2.05, 4.69) is 5.32 Å². The molecule has 6 heteroatoms. The van der Waals surface area contributed by atoms with Gasteiger partial charge < -0.3 is 9.73 Å². The van der Waals surface area contributed by atoms with Gasteiger partial charge in [0.25, 0.3) is 0 Å². The lowest BCUT2D eigenvalue weighted by Gasteiger charge is -2.31. The third kappa shape index (κ3) is 2.90. The molecule has 1 N–H and O–H groups in total. The van der Waals surface area contributed by atoms with Gasteiger partial charge in [-0.3, -0.25) is 0 Å². The van der Waals surface area contributed by atoms with Crippen LogP contribution in [0.1, 0.15) is 30.4 Å². The summed E-state index contributed by atoms with van der Waals surface area (Å²) in [5, 5.41) is 3.96. The molecule has 1 aromatic heterocycles.